The van der Waals surface area contributed by atoms with Crippen molar-refractivity contribution in [1.29, 1.82) is 0 Å². The summed E-state index contributed by atoms with van der Waals surface area (Å²) in [4.78, 5) is 12.8. The molecule has 1 aromatic heterocycles. The molecular weight excluding hydrogens is 374 g/mol. The fourth-order valence-electron chi connectivity index (χ4n) is 3.17. The summed E-state index contributed by atoms with van der Waals surface area (Å²) in [5, 5.41) is 0. The molecule has 0 fully saturated rings. The van der Waals surface area contributed by atoms with Crippen molar-refractivity contribution in [2.45, 2.75) is 0 Å². The van der Waals surface area contributed by atoms with Gasteiger partial charge in [-0.1, -0.05) is 6.07 Å². The van der Waals surface area contributed by atoms with Crippen LogP contribution in [0.4, 0.5) is 0 Å². The fourth-order valence-corrected chi connectivity index (χ4v) is 3.17. The molecule has 0 saturated carbocycles. The molecule has 0 atom stereocenters. The molecule has 0 unspecified atom stereocenters. The highest BCUT2D eigenvalue weighted by Gasteiger charge is 2.17. The Hall–Kier alpha value is -3.61. The molecular formula is C22H23NO6. The number of pyridine rings is 1. The van der Waals surface area contributed by atoms with E-state index in [4.69, 9.17) is 23.7 Å². The van der Waals surface area contributed by atoms with E-state index >= 15 is 0 Å². The van der Waals surface area contributed by atoms with Crippen LogP contribution in [0.15, 0.2) is 53.3 Å². The first-order chi connectivity index (χ1) is 14.1. The smallest absolute Gasteiger partial charge is 0.255 e. The zero-order chi connectivity index (χ0) is 21.0. The van der Waals surface area contributed by atoms with Crippen molar-refractivity contribution in [1.82, 2.24) is 4.57 Å². The summed E-state index contributed by atoms with van der Waals surface area (Å²) in [5.74, 6) is 2.58. The number of hydrogen-bond donors (Lipinski definition) is 0. The summed E-state index contributed by atoms with van der Waals surface area (Å²) in [6.07, 6.45) is 0. The van der Waals surface area contributed by atoms with Crippen molar-refractivity contribution in [2.24, 2.45) is 0 Å². The average molecular weight is 397 g/mol. The fraction of sp³-hybridized carbons (Fsp3) is 0.227. The van der Waals surface area contributed by atoms with Gasteiger partial charge in [0.05, 0.1) is 46.9 Å². The Labute approximate surface area is 169 Å². The van der Waals surface area contributed by atoms with E-state index in [0.29, 0.717) is 40.1 Å². The van der Waals surface area contributed by atoms with Crippen LogP contribution in [0.25, 0.3) is 16.9 Å². The molecule has 0 aliphatic heterocycles. The van der Waals surface area contributed by atoms with E-state index in [-0.39, 0.29) is 5.56 Å². The second-order valence-electron chi connectivity index (χ2n) is 6.04. The van der Waals surface area contributed by atoms with Crippen molar-refractivity contribution in [3.63, 3.8) is 0 Å². The van der Waals surface area contributed by atoms with Crippen molar-refractivity contribution in [2.75, 3.05) is 35.5 Å². The number of ether oxygens (including phenoxy) is 5. The van der Waals surface area contributed by atoms with Crippen LogP contribution in [-0.2, 0) is 0 Å². The van der Waals surface area contributed by atoms with Gasteiger partial charge in [0, 0.05) is 17.7 Å². The normalized spacial score (nSPS) is 10.4. The molecule has 2 aromatic carbocycles. The average Bonchev–Trinajstić information content (AvgIpc) is 2.77. The molecule has 3 rings (SSSR count). The van der Waals surface area contributed by atoms with Crippen LogP contribution >= 0.6 is 0 Å². The van der Waals surface area contributed by atoms with Crippen LogP contribution in [0.2, 0.25) is 0 Å². The van der Waals surface area contributed by atoms with E-state index in [9.17, 15) is 4.79 Å². The highest BCUT2D eigenvalue weighted by Crippen LogP contribution is 2.41. The first-order valence-corrected chi connectivity index (χ1v) is 8.82. The maximum atomic E-state index is 12.8. The third kappa shape index (κ3) is 3.71. The van der Waals surface area contributed by atoms with Gasteiger partial charge >= 0.3 is 0 Å². The Balaban J connectivity index is 2.27. The van der Waals surface area contributed by atoms with E-state index in [1.165, 1.54) is 6.07 Å². The molecule has 1 heterocycles. The molecule has 3 aromatic rings. The van der Waals surface area contributed by atoms with Crippen molar-refractivity contribution >= 4 is 0 Å². The Morgan fingerprint density at radius 3 is 1.83 bits per heavy atom. The number of aromatic nitrogens is 1. The van der Waals surface area contributed by atoms with E-state index in [0.717, 1.165) is 5.56 Å². The van der Waals surface area contributed by atoms with Crippen LogP contribution in [0.1, 0.15) is 0 Å². The van der Waals surface area contributed by atoms with Crippen LogP contribution in [0.5, 0.6) is 28.7 Å². The molecule has 0 saturated heterocycles. The molecule has 0 bridgehead atoms. The maximum absolute atomic E-state index is 12.8. The van der Waals surface area contributed by atoms with Gasteiger partial charge in [-0.05, 0) is 30.3 Å². The predicted molar refractivity (Wildman–Crippen MR) is 110 cm³/mol. The van der Waals surface area contributed by atoms with E-state index < -0.39 is 0 Å². The Kier molecular flexibility index (Phi) is 5.97. The highest BCUT2D eigenvalue weighted by molar-refractivity contribution is 5.70. The quantitative estimate of drug-likeness (QED) is 0.607. The highest BCUT2D eigenvalue weighted by atomic mass is 16.5. The molecule has 7 nitrogen and oxygen atoms in total. The van der Waals surface area contributed by atoms with Gasteiger partial charge in [-0.3, -0.25) is 9.36 Å². The van der Waals surface area contributed by atoms with Crippen LogP contribution < -0.4 is 29.2 Å². The molecule has 0 aliphatic carbocycles. The molecule has 29 heavy (non-hydrogen) atoms. The summed E-state index contributed by atoms with van der Waals surface area (Å²) in [6, 6.07) is 14.0. The number of benzene rings is 2. The Bertz CT molecular complexity index is 1050. The predicted octanol–water partition coefficient (Wildman–Crippen LogP) is 3.55. The lowest BCUT2D eigenvalue weighted by Crippen LogP contribution is -2.18. The number of hydrogen-bond acceptors (Lipinski definition) is 6. The van der Waals surface area contributed by atoms with Gasteiger partial charge in [-0.15, -0.1) is 0 Å². The number of rotatable bonds is 7. The summed E-state index contributed by atoms with van der Waals surface area (Å²) in [6.45, 7) is 0. The third-order valence-electron chi connectivity index (χ3n) is 4.54. The standard InChI is InChI=1S/C22H23NO6/c1-25-17-10-9-15(13-18(17)26-2)23-16(7-6-8-21(23)24)14-11-19(27-3)22(29-5)20(12-14)28-4/h6-13H,1-5H3. The van der Waals surface area contributed by atoms with Gasteiger partial charge in [-0.25, -0.2) is 0 Å². The van der Waals surface area contributed by atoms with Crippen molar-refractivity contribution < 1.29 is 23.7 Å². The van der Waals surface area contributed by atoms with Gasteiger partial charge < -0.3 is 23.7 Å². The van der Waals surface area contributed by atoms with E-state index in [2.05, 4.69) is 0 Å². The monoisotopic (exact) mass is 397 g/mol. The lowest BCUT2D eigenvalue weighted by atomic mass is 10.1. The molecule has 0 spiro atoms. The Morgan fingerprint density at radius 2 is 1.28 bits per heavy atom. The van der Waals surface area contributed by atoms with Crippen LogP contribution in [0, 0.1) is 0 Å². The molecule has 0 radical (unpaired) electrons. The molecule has 0 aliphatic rings. The minimum atomic E-state index is -0.191. The van der Waals surface area contributed by atoms with Crippen molar-refractivity contribution in [3.8, 4) is 45.7 Å². The third-order valence-corrected chi connectivity index (χ3v) is 4.54. The lowest BCUT2D eigenvalue weighted by Gasteiger charge is -2.18. The summed E-state index contributed by atoms with van der Waals surface area (Å²) in [5.41, 5.74) is 1.83. The Morgan fingerprint density at radius 1 is 0.655 bits per heavy atom. The zero-order valence-electron chi connectivity index (χ0n) is 17.0. The second kappa shape index (κ2) is 8.60. The van der Waals surface area contributed by atoms with E-state index in [1.807, 2.05) is 6.07 Å². The minimum Gasteiger partial charge on any atom is -0.493 e. The van der Waals surface area contributed by atoms with Crippen LogP contribution in [0.3, 0.4) is 0 Å². The largest absolute Gasteiger partial charge is 0.493 e. The molecule has 152 valence electrons. The summed E-state index contributed by atoms with van der Waals surface area (Å²) in [7, 11) is 7.76. The number of methoxy groups -OCH3 is 5. The van der Waals surface area contributed by atoms with Gasteiger partial charge in [0.2, 0.25) is 5.75 Å². The second-order valence-corrected chi connectivity index (χ2v) is 6.04. The van der Waals surface area contributed by atoms with Crippen LogP contribution in [-0.4, -0.2) is 40.1 Å². The van der Waals surface area contributed by atoms with Gasteiger partial charge in [-0.2, -0.15) is 0 Å². The number of nitrogens with zero attached hydrogens (tertiary/aromatic N) is 1. The van der Waals surface area contributed by atoms with Gasteiger partial charge in [0.1, 0.15) is 0 Å². The van der Waals surface area contributed by atoms with Gasteiger partial charge in [0.15, 0.2) is 23.0 Å². The first kappa shape index (κ1) is 20.1. The molecule has 0 N–H and O–H groups in total. The van der Waals surface area contributed by atoms with E-state index in [1.54, 1.807) is 76.5 Å². The lowest BCUT2D eigenvalue weighted by molar-refractivity contribution is 0.324. The SMILES string of the molecule is COc1ccc(-n2c(-c3cc(OC)c(OC)c(OC)c3)cccc2=O)cc1OC. The topological polar surface area (TPSA) is 68.2 Å². The molecule has 0 amide bonds. The summed E-state index contributed by atoms with van der Waals surface area (Å²) >= 11 is 0. The molecule has 7 heteroatoms. The summed E-state index contributed by atoms with van der Waals surface area (Å²) < 4.78 is 28.6. The first-order valence-electron chi connectivity index (χ1n) is 8.82. The minimum absolute atomic E-state index is 0.191. The maximum Gasteiger partial charge on any atom is 0.255 e. The van der Waals surface area contributed by atoms with Crippen molar-refractivity contribution in [3.05, 3.63) is 58.9 Å². The zero-order valence-corrected chi connectivity index (χ0v) is 17.0. The van der Waals surface area contributed by atoms with Gasteiger partial charge in [0.25, 0.3) is 5.56 Å².